The molecule has 0 aliphatic carbocycles. The summed E-state index contributed by atoms with van der Waals surface area (Å²) in [6.45, 7) is 6.08. The molecule has 0 saturated carbocycles. The second-order valence-electron chi connectivity index (χ2n) is 8.69. The van der Waals surface area contributed by atoms with Crippen molar-refractivity contribution in [2.24, 2.45) is 0 Å². The lowest BCUT2D eigenvalue weighted by Gasteiger charge is -2.17. The normalized spacial score (nSPS) is 12.6. The number of para-hydroxylation sites is 1. The zero-order chi connectivity index (χ0) is 26.0. The van der Waals surface area contributed by atoms with E-state index in [0.29, 0.717) is 49.8 Å². The van der Waals surface area contributed by atoms with Crippen LogP contribution in [-0.2, 0) is 17.6 Å². The number of ether oxygens (including phenoxy) is 3. The molecule has 37 heavy (non-hydrogen) atoms. The van der Waals surface area contributed by atoms with Crippen molar-refractivity contribution in [1.29, 1.82) is 5.26 Å². The van der Waals surface area contributed by atoms with Crippen molar-refractivity contribution in [1.82, 2.24) is 0 Å². The number of amides is 1. The highest BCUT2D eigenvalue weighted by Gasteiger charge is 2.26. The van der Waals surface area contributed by atoms with Crippen LogP contribution < -0.4 is 19.1 Å². The van der Waals surface area contributed by atoms with Crippen molar-refractivity contribution < 1.29 is 19.0 Å². The Hall–Kier alpha value is -4.24. The summed E-state index contributed by atoms with van der Waals surface area (Å²) < 4.78 is 17.5. The molecule has 0 fully saturated rings. The molecule has 0 N–H and O–H groups in total. The van der Waals surface area contributed by atoms with Gasteiger partial charge in [-0.2, -0.15) is 5.26 Å². The summed E-state index contributed by atoms with van der Waals surface area (Å²) in [4.78, 5) is 14.8. The molecule has 3 aromatic rings. The van der Waals surface area contributed by atoms with Gasteiger partial charge >= 0.3 is 0 Å². The van der Waals surface area contributed by atoms with Gasteiger partial charge in [-0.25, -0.2) is 0 Å². The minimum atomic E-state index is -0.296. The van der Waals surface area contributed by atoms with Gasteiger partial charge in [0, 0.05) is 18.7 Å². The minimum absolute atomic E-state index is 0.0805. The number of carbonyl (C=O) groups excluding carboxylic acids is 1. The van der Waals surface area contributed by atoms with E-state index in [1.54, 1.807) is 17.0 Å². The topological polar surface area (TPSA) is 71.8 Å². The summed E-state index contributed by atoms with van der Waals surface area (Å²) in [6, 6.07) is 23.4. The summed E-state index contributed by atoms with van der Waals surface area (Å²) in [6.07, 6.45) is 4.11. The highest BCUT2D eigenvalue weighted by molar-refractivity contribution is 6.12. The van der Waals surface area contributed by atoms with Crippen LogP contribution in [0.15, 0.2) is 72.3 Å². The monoisotopic (exact) mass is 496 g/mol. The van der Waals surface area contributed by atoms with Crippen molar-refractivity contribution in [3.05, 3.63) is 89.0 Å². The van der Waals surface area contributed by atoms with E-state index in [0.717, 1.165) is 29.8 Å². The number of fused-ring (bicyclic) bond motifs is 1. The van der Waals surface area contributed by atoms with Crippen molar-refractivity contribution in [3.8, 4) is 23.3 Å². The van der Waals surface area contributed by atoms with Gasteiger partial charge in [-0.1, -0.05) is 43.3 Å². The molecule has 0 radical (unpaired) electrons. The number of nitrogens with zero attached hydrogens (tertiary/aromatic N) is 2. The molecule has 190 valence electrons. The molecular formula is C31H32N2O4. The van der Waals surface area contributed by atoms with E-state index in [-0.39, 0.29) is 11.5 Å². The molecule has 0 bridgehead atoms. The lowest BCUT2D eigenvalue weighted by atomic mass is 10.1. The van der Waals surface area contributed by atoms with Crippen LogP contribution in [0, 0.1) is 11.3 Å². The molecule has 3 aromatic carbocycles. The maximum atomic E-state index is 13.1. The quantitative estimate of drug-likeness (QED) is 0.185. The second-order valence-corrected chi connectivity index (χ2v) is 8.69. The highest BCUT2D eigenvalue weighted by atomic mass is 16.5. The standard InChI is InChI=1S/C31H32N2O4/c1-3-23-10-13-27(14-11-23)36-18-7-19-37-29-15-12-24(21-30(29)35-4-2)20-26(22-32)31(34)33-17-16-25-8-5-6-9-28(25)33/h5-6,8-15,20-21H,3-4,7,16-19H2,1-2H3. The minimum Gasteiger partial charge on any atom is -0.493 e. The maximum Gasteiger partial charge on any atom is 0.268 e. The van der Waals surface area contributed by atoms with Gasteiger partial charge in [-0.05, 0) is 72.9 Å². The first-order valence-electron chi connectivity index (χ1n) is 12.8. The number of hydrogen-bond acceptors (Lipinski definition) is 5. The molecule has 0 saturated heterocycles. The van der Waals surface area contributed by atoms with Crippen LogP contribution in [0.25, 0.3) is 6.08 Å². The average molecular weight is 497 g/mol. The van der Waals surface area contributed by atoms with Gasteiger partial charge in [0.05, 0.1) is 19.8 Å². The van der Waals surface area contributed by atoms with E-state index >= 15 is 0 Å². The van der Waals surface area contributed by atoms with Crippen LogP contribution >= 0.6 is 0 Å². The Balaban J connectivity index is 1.38. The van der Waals surface area contributed by atoms with Gasteiger partial charge in [0.2, 0.25) is 0 Å². The fourth-order valence-corrected chi connectivity index (χ4v) is 4.26. The van der Waals surface area contributed by atoms with Crippen LogP contribution in [0.5, 0.6) is 17.2 Å². The molecule has 1 amide bonds. The summed E-state index contributed by atoms with van der Waals surface area (Å²) in [7, 11) is 0. The van der Waals surface area contributed by atoms with Crippen molar-refractivity contribution in [2.45, 2.75) is 33.1 Å². The van der Waals surface area contributed by atoms with Crippen LogP contribution in [-0.4, -0.2) is 32.3 Å². The lowest BCUT2D eigenvalue weighted by molar-refractivity contribution is -0.114. The number of anilines is 1. The van der Waals surface area contributed by atoms with E-state index in [1.807, 2.05) is 55.5 Å². The molecule has 6 nitrogen and oxygen atoms in total. The predicted molar refractivity (Wildman–Crippen MR) is 145 cm³/mol. The van der Waals surface area contributed by atoms with Crippen molar-refractivity contribution >= 4 is 17.7 Å². The molecule has 1 heterocycles. The van der Waals surface area contributed by atoms with Crippen LogP contribution in [0.1, 0.15) is 37.0 Å². The zero-order valence-electron chi connectivity index (χ0n) is 21.4. The summed E-state index contributed by atoms with van der Waals surface area (Å²) in [5.74, 6) is 1.74. The number of nitriles is 1. The Morgan fingerprint density at radius 3 is 2.51 bits per heavy atom. The molecule has 4 rings (SSSR count). The van der Waals surface area contributed by atoms with Crippen molar-refractivity contribution in [3.63, 3.8) is 0 Å². The molecule has 0 aromatic heterocycles. The number of aryl methyl sites for hydroxylation is 1. The molecule has 1 aliphatic rings. The molecule has 0 spiro atoms. The number of benzene rings is 3. The van der Waals surface area contributed by atoms with Crippen molar-refractivity contribution in [2.75, 3.05) is 31.3 Å². The Morgan fingerprint density at radius 2 is 1.76 bits per heavy atom. The van der Waals surface area contributed by atoms with E-state index < -0.39 is 0 Å². The fourth-order valence-electron chi connectivity index (χ4n) is 4.26. The number of rotatable bonds is 11. The van der Waals surface area contributed by atoms with Gasteiger partial charge in [-0.3, -0.25) is 4.79 Å². The van der Waals surface area contributed by atoms with E-state index in [1.165, 1.54) is 5.56 Å². The Bertz CT molecular complexity index is 1290. The molecular weight excluding hydrogens is 464 g/mol. The largest absolute Gasteiger partial charge is 0.493 e. The van der Waals surface area contributed by atoms with Gasteiger partial charge in [0.1, 0.15) is 17.4 Å². The van der Waals surface area contributed by atoms with Gasteiger partial charge < -0.3 is 19.1 Å². The van der Waals surface area contributed by atoms with Gasteiger partial charge in [0.25, 0.3) is 5.91 Å². The summed E-state index contributed by atoms with van der Waals surface area (Å²) >= 11 is 0. The van der Waals surface area contributed by atoms with Gasteiger partial charge in [-0.15, -0.1) is 0 Å². The fraction of sp³-hybridized carbons (Fsp3) is 0.290. The first kappa shape index (κ1) is 25.8. The molecule has 1 aliphatic heterocycles. The molecule has 0 atom stereocenters. The third-order valence-corrected chi connectivity index (χ3v) is 6.21. The van der Waals surface area contributed by atoms with Gasteiger partial charge in [0.15, 0.2) is 11.5 Å². The SMILES string of the molecule is CCOc1cc(C=C(C#N)C(=O)N2CCc3ccccc32)ccc1OCCCOc1ccc(CC)cc1. The van der Waals surface area contributed by atoms with E-state index in [9.17, 15) is 10.1 Å². The van der Waals surface area contributed by atoms with Crippen LogP contribution in [0.3, 0.4) is 0 Å². The van der Waals surface area contributed by atoms with E-state index in [2.05, 4.69) is 25.1 Å². The van der Waals surface area contributed by atoms with E-state index in [4.69, 9.17) is 14.2 Å². The molecule has 0 unspecified atom stereocenters. The summed E-state index contributed by atoms with van der Waals surface area (Å²) in [5, 5.41) is 9.73. The highest BCUT2D eigenvalue weighted by Crippen LogP contribution is 2.31. The lowest BCUT2D eigenvalue weighted by Crippen LogP contribution is -2.29. The Labute approximate surface area is 218 Å². The first-order chi connectivity index (χ1) is 18.1. The molecule has 6 heteroatoms. The summed E-state index contributed by atoms with van der Waals surface area (Å²) in [5.41, 5.74) is 4.05. The predicted octanol–water partition coefficient (Wildman–Crippen LogP) is 5.99. The zero-order valence-corrected chi connectivity index (χ0v) is 21.4. The third-order valence-electron chi connectivity index (χ3n) is 6.21. The average Bonchev–Trinajstić information content (AvgIpc) is 3.37. The van der Waals surface area contributed by atoms with Crippen LogP contribution in [0.4, 0.5) is 5.69 Å². The third kappa shape index (κ3) is 6.50. The number of hydrogen-bond donors (Lipinski definition) is 0. The first-order valence-corrected chi connectivity index (χ1v) is 12.8. The Kier molecular flexibility index (Phi) is 8.83. The van der Waals surface area contributed by atoms with Crippen LogP contribution in [0.2, 0.25) is 0 Å². The number of carbonyl (C=O) groups is 1. The smallest absolute Gasteiger partial charge is 0.268 e. The maximum absolute atomic E-state index is 13.1. The Morgan fingerprint density at radius 1 is 0.973 bits per heavy atom. The second kappa shape index (κ2) is 12.6.